The van der Waals surface area contributed by atoms with Crippen molar-refractivity contribution in [3.8, 4) is 0 Å². The van der Waals surface area contributed by atoms with Crippen molar-refractivity contribution in [2.45, 2.75) is 30.6 Å². The summed E-state index contributed by atoms with van der Waals surface area (Å²) in [6, 6.07) is 3.78. The van der Waals surface area contributed by atoms with E-state index in [1.165, 1.54) is 23.5 Å². The van der Waals surface area contributed by atoms with Crippen LogP contribution in [0, 0.1) is 10.1 Å². The molecule has 1 aliphatic heterocycles. The summed E-state index contributed by atoms with van der Waals surface area (Å²) >= 11 is 0. The van der Waals surface area contributed by atoms with E-state index in [0.29, 0.717) is 31.5 Å². The predicted molar refractivity (Wildman–Crippen MR) is 102 cm³/mol. The zero-order valence-corrected chi connectivity index (χ0v) is 16.6. The molecule has 0 aromatic heterocycles. The Hall–Kier alpha value is -2.24. The molecule has 0 unspecified atom stereocenters. The van der Waals surface area contributed by atoms with E-state index in [-0.39, 0.29) is 42.9 Å². The molecule has 0 bridgehead atoms. The number of ether oxygens (including phenoxy) is 2. The van der Waals surface area contributed by atoms with Crippen molar-refractivity contribution in [2.75, 3.05) is 45.3 Å². The second-order valence-electron chi connectivity index (χ2n) is 6.27. The number of sulfonamides is 1. The molecule has 1 heterocycles. The number of morpholine rings is 1. The molecule has 1 aliphatic rings. The standard InChI is InChI=1S/C17H25N3O7S/c1-26-17(21)5-3-2-4-8-18-15-7-6-14(20(22)23)13-16(15)28(24,25)19-9-11-27-12-10-19/h6-7,13,18H,2-5,8-12H2,1H3. The monoisotopic (exact) mass is 415 g/mol. The highest BCUT2D eigenvalue weighted by atomic mass is 32.2. The van der Waals surface area contributed by atoms with Gasteiger partial charge in [0.05, 0.1) is 30.9 Å². The summed E-state index contributed by atoms with van der Waals surface area (Å²) < 4.78 is 37.0. The van der Waals surface area contributed by atoms with Gasteiger partial charge in [0, 0.05) is 38.2 Å². The average molecular weight is 415 g/mol. The molecule has 2 rings (SSSR count). The summed E-state index contributed by atoms with van der Waals surface area (Å²) in [6.07, 6.45) is 2.49. The fraction of sp³-hybridized carbons (Fsp3) is 0.588. The molecule has 1 aromatic rings. The first kappa shape index (κ1) is 22.1. The third kappa shape index (κ3) is 5.88. The van der Waals surface area contributed by atoms with Crippen molar-refractivity contribution in [1.82, 2.24) is 4.31 Å². The number of nitrogens with zero attached hydrogens (tertiary/aromatic N) is 2. The molecular formula is C17H25N3O7S. The third-order valence-electron chi connectivity index (χ3n) is 4.36. The van der Waals surface area contributed by atoms with Gasteiger partial charge in [-0.2, -0.15) is 4.31 Å². The van der Waals surface area contributed by atoms with Gasteiger partial charge in [0.25, 0.3) is 5.69 Å². The van der Waals surface area contributed by atoms with Gasteiger partial charge in [0.1, 0.15) is 4.90 Å². The van der Waals surface area contributed by atoms with E-state index < -0.39 is 14.9 Å². The Balaban J connectivity index is 2.08. The average Bonchev–Trinajstić information content (AvgIpc) is 2.70. The van der Waals surface area contributed by atoms with Crippen molar-refractivity contribution >= 4 is 27.4 Å². The fourth-order valence-electron chi connectivity index (χ4n) is 2.81. The van der Waals surface area contributed by atoms with Gasteiger partial charge >= 0.3 is 5.97 Å². The van der Waals surface area contributed by atoms with Crippen LogP contribution in [0.15, 0.2) is 23.1 Å². The summed E-state index contributed by atoms with van der Waals surface area (Å²) in [5.41, 5.74) is 0.0422. The minimum absolute atomic E-state index is 0.113. The Morgan fingerprint density at radius 3 is 2.64 bits per heavy atom. The Labute approximate surface area is 164 Å². The molecule has 1 fully saturated rings. The van der Waals surface area contributed by atoms with Crippen molar-refractivity contribution in [3.63, 3.8) is 0 Å². The highest BCUT2D eigenvalue weighted by Crippen LogP contribution is 2.29. The van der Waals surface area contributed by atoms with E-state index in [4.69, 9.17) is 4.74 Å². The van der Waals surface area contributed by atoms with Crippen molar-refractivity contribution in [2.24, 2.45) is 0 Å². The molecule has 0 atom stereocenters. The van der Waals surface area contributed by atoms with E-state index >= 15 is 0 Å². The van der Waals surface area contributed by atoms with Crippen molar-refractivity contribution in [1.29, 1.82) is 0 Å². The molecule has 10 nitrogen and oxygen atoms in total. The number of methoxy groups -OCH3 is 1. The summed E-state index contributed by atoms with van der Waals surface area (Å²) in [6.45, 7) is 1.47. The van der Waals surface area contributed by atoms with Crippen LogP contribution in [0.5, 0.6) is 0 Å². The van der Waals surface area contributed by atoms with E-state index in [9.17, 15) is 23.3 Å². The van der Waals surface area contributed by atoms with E-state index in [1.54, 1.807) is 0 Å². The first-order chi connectivity index (χ1) is 13.4. The number of rotatable bonds is 10. The SMILES string of the molecule is COC(=O)CCCCCNc1ccc([N+](=O)[O-])cc1S(=O)(=O)N1CCOCC1. The molecule has 0 amide bonds. The molecule has 0 spiro atoms. The second-order valence-corrected chi connectivity index (χ2v) is 8.17. The topological polar surface area (TPSA) is 128 Å². The van der Waals surface area contributed by atoms with Gasteiger partial charge in [-0.05, 0) is 18.9 Å². The highest BCUT2D eigenvalue weighted by Gasteiger charge is 2.30. The number of benzene rings is 1. The van der Waals surface area contributed by atoms with E-state index in [1.807, 2.05) is 0 Å². The number of esters is 1. The number of hydrogen-bond donors (Lipinski definition) is 1. The van der Waals surface area contributed by atoms with Gasteiger partial charge in [-0.1, -0.05) is 6.42 Å². The van der Waals surface area contributed by atoms with Crippen LogP contribution in [0.4, 0.5) is 11.4 Å². The fourth-order valence-corrected chi connectivity index (χ4v) is 4.40. The number of nitrogens with one attached hydrogen (secondary N) is 1. The maximum absolute atomic E-state index is 13.0. The maximum Gasteiger partial charge on any atom is 0.305 e. The molecule has 0 saturated carbocycles. The normalized spacial score (nSPS) is 15.2. The van der Waals surface area contributed by atoms with Crippen LogP contribution < -0.4 is 5.32 Å². The summed E-state index contributed by atoms with van der Waals surface area (Å²) in [5.74, 6) is -0.262. The van der Waals surface area contributed by atoms with Crippen LogP contribution in [0.25, 0.3) is 0 Å². The van der Waals surface area contributed by atoms with Crippen LogP contribution in [0.3, 0.4) is 0 Å². The van der Waals surface area contributed by atoms with Gasteiger partial charge < -0.3 is 14.8 Å². The van der Waals surface area contributed by atoms with Crippen LogP contribution in [-0.4, -0.2) is 63.6 Å². The van der Waals surface area contributed by atoms with Crippen LogP contribution in [-0.2, 0) is 24.3 Å². The molecule has 1 aromatic carbocycles. The van der Waals surface area contributed by atoms with E-state index in [0.717, 1.165) is 12.5 Å². The van der Waals surface area contributed by atoms with Crippen LogP contribution in [0.2, 0.25) is 0 Å². The number of anilines is 1. The molecule has 0 radical (unpaired) electrons. The number of non-ortho nitro benzene ring substituents is 1. The number of carbonyl (C=O) groups is 1. The summed E-state index contributed by atoms with van der Waals surface area (Å²) in [7, 11) is -2.54. The molecule has 1 saturated heterocycles. The largest absolute Gasteiger partial charge is 0.469 e. The molecule has 0 aliphatic carbocycles. The van der Waals surface area contributed by atoms with Gasteiger partial charge in [-0.15, -0.1) is 0 Å². The van der Waals surface area contributed by atoms with Gasteiger partial charge in [0.15, 0.2) is 0 Å². The van der Waals surface area contributed by atoms with E-state index in [2.05, 4.69) is 10.1 Å². The lowest BCUT2D eigenvalue weighted by Crippen LogP contribution is -2.40. The smallest absolute Gasteiger partial charge is 0.305 e. The van der Waals surface area contributed by atoms with Gasteiger partial charge in [-0.25, -0.2) is 8.42 Å². The van der Waals surface area contributed by atoms with Gasteiger partial charge in [0.2, 0.25) is 10.0 Å². The highest BCUT2D eigenvalue weighted by molar-refractivity contribution is 7.89. The first-order valence-electron chi connectivity index (χ1n) is 9.03. The molecule has 28 heavy (non-hydrogen) atoms. The summed E-state index contributed by atoms with van der Waals surface area (Å²) in [4.78, 5) is 21.5. The van der Waals surface area contributed by atoms with Crippen LogP contribution in [0.1, 0.15) is 25.7 Å². The van der Waals surface area contributed by atoms with Crippen molar-refractivity contribution in [3.05, 3.63) is 28.3 Å². The van der Waals surface area contributed by atoms with Crippen LogP contribution >= 0.6 is 0 Å². The van der Waals surface area contributed by atoms with Crippen molar-refractivity contribution < 1.29 is 27.6 Å². The lowest BCUT2D eigenvalue weighted by Gasteiger charge is -2.27. The van der Waals surface area contributed by atoms with Gasteiger partial charge in [-0.3, -0.25) is 14.9 Å². The summed E-state index contributed by atoms with van der Waals surface area (Å²) in [5, 5.41) is 14.1. The Kier molecular flexibility index (Phi) is 8.15. The lowest BCUT2D eigenvalue weighted by atomic mass is 10.2. The lowest BCUT2D eigenvalue weighted by molar-refractivity contribution is -0.385. The quantitative estimate of drug-likeness (QED) is 0.265. The second kappa shape index (κ2) is 10.3. The third-order valence-corrected chi connectivity index (χ3v) is 6.30. The molecule has 11 heteroatoms. The number of carbonyl (C=O) groups excluding carboxylic acids is 1. The number of nitro groups is 1. The Bertz CT molecular complexity index is 792. The zero-order valence-electron chi connectivity index (χ0n) is 15.8. The molecule has 156 valence electrons. The maximum atomic E-state index is 13.0. The Morgan fingerprint density at radius 1 is 1.29 bits per heavy atom. The zero-order chi connectivity index (χ0) is 20.6. The number of unbranched alkanes of at least 4 members (excludes halogenated alkanes) is 2. The minimum atomic E-state index is -3.89. The molecule has 1 N–H and O–H groups in total. The predicted octanol–water partition coefficient (Wildman–Crippen LogP) is 1.76. The first-order valence-corrected chi connectivity index (χ1v) is 10.5. The number of hydrogen-bond acceptors (Lipinski definition) is 8. The minimum Gasteiger partial charge on any atom is -0.469 e. The molecular weight excluding hydrogens is 390 g/mol. The Morgan fingerprint density at radius 2 is 2.00 bits per heavy atom. The number of nitro benzene ring substituents is 1.